The Hall–Kier alpha value is -0.280. The number of hydrogen-bond acceptors (Lipinski definition) is 2. The van der Waals surface area contributed by atoms with Crippen LogP contribution in [0.1, 0.15) is 32.4 Å². The normalized spacial score (nSPS) is 15.0. The molecule has 0 radical (unpaired) electrons. The topological polar surface area (TPSA) is 15.3 Å². The van der Waals surface area contributed by atoms with Crippen molar-refractivity contribution in [2.75, 3.05) is 20.6 Å². The molecule has 108 valence electrons. The van der Waals surface area contributed by atoms with Gasteiger partial charge in [0, 0.05) is 18.6 Å². The number of nitrogens with one attached hydrogen (secondary N) is 1. The van der Waals surface area contributed by atoms with Gasteiger partial charge in [-0.3, -0.25) is 0 Å². The summed E-state index contributed by atoms with van der Waals surface area (Å²) in [6, 6.07) is 6.58. The Kier molecular flexibility index (Phi) is 6.61. The van der Waals surface area contributed by atoms with Crippen LogP contribution in [0.2, 0.25) is 10.0 Å². The summed E-state index contributed by atoms with van der Waals surface area (Å²) in [7, 11) is 4.24. The number of rotatable bonds is 6. The van der Waals surface area contributed by atoms with Crippen LogP contribution in [0.5, 0.6) is 0 Å². The van der Waals surface area contributed by atoms with Crippen LogP contribution in [0.4, 0.5) is 0 Å². The lowest BCUT2D eigenvalue weighted by Gasteiger charge is -2.29. The molecule has 19 heavy (non-hydrogen) atoms. The summed E-state index contributed by atoms with van der Waals surface area (Å²) in [5.41, 5.74) is 1.16. The SMILES string of the molecule is CC(NCC(C(C)C)N(C)C)c1ccc(Cl)c(Cl)c1. The molecule has 0 aliphatic rings. The number of likely N-dealkylation sites (N-methyl/N-ethyl adjacent to an activating group) is 1. The Morgan fingerprint density at radius 3 is 2.21 bits per heavy atom. The highest BCUT2D eigenvalue weighted by atomic mass is 35.5. The Morgan fingerprint density at radius 1 is 1.11 bits per heavy atom. The number of halogens is 2. The average molecular weight is 303 g/mol. The Balaban J connectivity index is 2.63. The van der Waals surface area contributed by atoms with Crippen LogP contribution in [-0.2, 0) is 0 Å². The van der Waals surface area contributed by atoms with Gasteiger partial charge in [0.05, 0.1) is 10.0 Å². The predicted octanol–water partition coefficient (Wildman–Crippen LogP) is 4.23. The Bertz CT molecular complexity index is 397. The van der Waals surface area contributed by atoms with E-state index < -0.39 is 0 Å². The summed E-state index contributed by atoms with van der Waals surface area (Å²) in [6.45, 7) is 7.59. The van der Waals surface area contributed by atoms with Gasteiger partial charge in [0.15, 0.2) is 0 Å². The van der Waals surface area contributed by atoms with Crippen molar-refractivity contribution in [1.82, 2.24) is 10.2 Å². The van der Waals surface area contributed by atoms with Gasteiger partial charge in [-0.2, -0.15) is 0 Å². The van der Waals surface area contributed by atoms with Crippen LogP contribution in [-0.4, -0.2) is 31.6 Å². The molecule has 0 aromatic heterocycles. The molecule has 0 aliphatic heterocycles. The molecule has 2 atom stereocenters. The molecule has 0 aliphatic carbocycles. The highest BCUT2D eigenvalue weighted by molar-refractivity contribution is 6.42. The monoisotopic (exact) mass is 302 g/mol. The molecule has 0 saturated heterocycles. The standard InChI is InChI=1S/C15H24Cl2N2/c1-10(2)15(19(4)5)9-18-11(3)12-6-7-13(16)14(17)8-12/h6-8,10-11,15,18H,9H2,1-5H3. The molecule has 1 aromatic carbocycles. The largest absolute Gasteiger partial charge is 0.309 e. The van der Waals surface area contributed by atoms with Crippen molar-refractivity contribution >= 4 is 23.2 Å². The van der Waals surface area contributed by atoms with Gasteiger partial charge in [0.25, 0.3) is 0 Å². The first-order valence-corrected chi connectivity index (χ1v) is 7.43. The van der Waals surface area contributed by atoms with Crippen molar-refractivity contribution in [2.45, 2.75) is 32.9 Å². The maximum atomic E-state index is 6.05. The molecule has 4 heteroatoms. The van der Waals surface area contributed by atoms with E-state index in [1.807, 2.05) is 18.2 Å². The predicted molar refractivity (Wildman–Crippen MR) is 85.2 cm³/mol. The molecule has 2 nitrogen and oxygen atoms in total. The van der Waals surface area contributed by atoms with E-state index in [9.17, 15) is 0 Å². The van der Waals surface area contributed by atoms with E-state index >= 15 is 0 Å². The summed E-state index contributed by atoms with van der Waals surface area (Å²) in [5, 5.41) is 4.78. The quantitative estimate of drug-likeness (QED) is 0.846. The highest BCUT2D eigenvalue weighted by Gasteiger charge is 2.17. The van der Waals surface area contributed by atoms with E-state index in [1.54, 1.807) is 0 Å². The highest BCUT2D eigenvalue weighted by Crippen LogP contribution is 2.25. The van der Waals surface area contributed by atoms with E-state index in [0.29, 0.717) is 22.0 Å². The minimum Gasteiger partial charge on any atom is -0.309 e. The van der Waals surface area contributed by atoms with Crippen molar-refractivity contribution in [1.29, 1.82) is 0 Å². The van der Waals surface area contributed by atoms with Gasteiger partial charge < -0.3 is 10.2 Å². The van der Waals surface area contributed by atoms with Crippen LogP contribution in [0.15, 0.2) is 18.2 Å². The molecule has 0 spiro atoms. The summed E-state index contributed by atoms with van der Waals surface area (Å²) in [5.74, 6) is 0.614. The molecule has 0 heterocycles. The van der Waals surface area contributed by atoms with Gasteiger partial charge in [0.2, 0.25) is 0 Å². The Labute approximate surface area is 127 Å². The van der Waals surface area contributed by atoms with Gasteiger partial charge >= 0.3 is 0 Å². The molecule has 1 rings (SSSR count). The lowest BCUT2D eigenvalue weighted by Crippen LogP contribution is -2.42. The summed E-state index contributed by atoms with van der Waals surface area (Å²) < 4.78 is 0. The van der Waals surface area contributed by atoms with Gasteiger partial charge in [0.1, 0.15) is 0 Å². The summed E-state index contributed by atoms with van der Waals surface area (Å²) in [6.07, 6.45) is 0. The van der Waals surface area contributed by atoms with Crippen LogP contribution >= 0.6 is 23.2 Å². The van der Waals surface area contributed by atoms with Crippen LogP contribution in [0.3, 0.4) is 0 Å². The summed E-state index contributed by atoms with van der Waals surface area (Å²) >= 11 is 12.0. The van der Waals surface area contributed by atoms with Gasteiger partial charge in [-0.1, -0.05) is 43.1 Å². The zero-order chi connectivity index (χ0) is 14.6. The smallest absolute Gasteiger partial charge is 0.0595 e. The second-order valence-electron chi connectivity index (χ2n) is 5.58. The van der Waals surface area contributed by atoms with Crippen molar-refractivity contribution < 1.29 is 0 Å². The molecule has 0 fully saturated rings. The number of nitrogens with zero attached hydrogens (tertiary/aromatic N) is 1. The lowest BCUT2D eigenvalue weighted by atomic mass is 10.0. The summed E-state index contributed by atoms with van der Waals surface area (Å²) in [4.78, 5) is 2.26. The third kappa shape index (κ3) is 4.96. The molecular formula is C15H24Cl2N2. The third-order valence-electron chi connectivity index (χ3n) is 3.51. The van der Waals surface area contributed by atoms with E-state index in [1.165, 1.54) is 0 Å². The fourth-order valence-corrected chi connectivity index (χ4v) is 2.52. The molecule has 1 N–H and O–H groups in total. The first-order chi connectivity index (χ1) is 8.82. The fraction of sp³-hybridized carbons (Fsp3) is 0.600. The van der Waals surface area contributed by atoms with E-state index in [0.717, 1.165) is 12.1 Å². The van der Waals surface area contributed by atoms with Gasteiger partial charge in [-0.05, 0) is 44.6 Å². The second kappa shape index (κ2) is 7.49. The first-order valence-electron chi connectivity index (χ1n) is 6.67. The average Bonchev–Trinajstić information content (AvgIpc) is 2.31. The molecule has 1 aromatic rings. The molecule has 0 amide bonds. The minimum atomic E-state index is 0.260. The van der Waals surface area contributed by atoms with Gasteiger partial charge in [-0.15, -0.1) is 0 Å². The van der Waals surface area contributed by atoms with Gasteiger partial charge in [-0.25, -0.2) is 0 Å². The van der Waals surface area contributed by atoms with E-state index in [4.69, 9.17) is 23.2 Å². The molecule has 0 bridgehead atoms. The van der Waals surface area contributed by atoms with Crippen LogP contribution in [0, 0.1) is 5.92 Å². The maximum absolute atomic E-state index is 6.05. The minimum absolute atomic E-state index is 0.260. The number of hydrogen-bond donors (Lipinski definition) is 1. The zero-order valence-electron chi connectivity index (χ0n) is 12.4. The van der Waals surface area contributed by atoms with Crippen molar-refractivity contribution in [3.8, 4) is 0 Å². The maximum Gasteiger partial charge on any atom is 0.0595 e. The van der Waals surface area contributed by atoms with Crippen LogP contribution < -0.4 is 5.32 Å². The van der Waals surface area contributed by atoms with Crippen LogP contribution in [0.25, 0.3) is 0 Å². The zero-order valence-corrected chi connectivity index (χ0v) is 13.9. The molecule has 0 saturated carbocycles. The van der Waals surface area contributed by atoms with E-state index in [2.05, 4.69) is 45.1 Å². The molecule has 2 unspecified atom stereocenters. The third-order valence-corrected chi connectivity index (χ3v) is 4.25. The molecular weight excluding hydrogens is 279 g/mol. The lowest BCUT2D eigenvalue weighted by molar-refractivity contribution is 0.220. The first kappa shape index (κ1) is 16.8. The number of benzene rings is 1. The Morgan fingerprint density at radius 2 is 1.74 bits per heavy atom. The van der Waals surface area contributed by atoms with E-state index in [-0.39, 0.29) is 6.04 Å². The van der Waals surface area contributed by atoms with Crippen molar-refractivity contribution in [3.63, 3.8) is 0 Å². The van der Waals surface area contributed by atoms with Crippen molar-refractivity contribution in [3.05, 3.63) is 33.8 Å². The fourth-order valence-electron chi connectivity index (χ4n) is 2.21. The second-order valence-corrected chi connectivity index (χ2v) is 6.39. The van der Waals surface area contributed by atoms with Crippen molar-refractivity contribution in [2.24, 2.45) is 5.92 Å².